The molecule has 0 radical (unpaired) electrons. The summed E-state index contributed by atoms with van der Waals surface area (Å²) in [4.78, 5) is 40.7. The van der Waals surface area contributed by atoms with Crippen LogP contribution in [0.25, 0.3) is 10.9 Å². The number of hydrogen-bond donors (Lipinski definition) is 3. The van der Waals surface area contributed by atoms with E-state index in [1.165, 1.54) is 17.7 Å². The van der Waals surface area contributed by atoms with Crippen LogP contribution in [0.1, 0.15) is 18.4 Å². The molecule has 1 aliphatic heterocycles. The lowest BCUT2D eigenvalue weighted by atomic mass is 10.00. The van der Waals surface area contributed by atoms with Crippen LogP contribution in [0.2, 0.25) is 5.02 Å². The fraction of sp³-hybridized carbons (Fsp3) is 0.346. The number of ether oxygens (including phenoxy) is 1. The summed E-state index contributed by atoms with van der Waals surface area (Å²) in [7, 11) is 3.12. The Balaban J connectivity index is 1.38. The number of halogens is 2. The average molecular weight is 528 g/mol. The van der Waals surface area contributed by atoms with Gasteiger partial charge in [0.1, 0.15) is 11.9 Å². The highest BCUT2D eigenvalue weighted by Gasteiger charge is 2.67. The van der Waals surface area contributed by atoms with Crippen molar-refractivity contribution in [1.29, 1.82) is 0 Å². The molecule has 0 spiro atoms. The number of piperidine rings is 1. The van der Waals surface area contributed by atoms with Crippen LogP contribution in [0.5, 0.6) is 0 Å². The number of methoxy groups -OCH3 is 1. The fourth-order valence-electron chi connectivity index (χ4n) is 5.38. The average Bonchev–Trinajstić information content (AvgIpc) is 3.30. The first-order valence-electron chi connectivity index (χ1n) is 11.9. The Morgan fingerprint density at radius 2 is 1.92 bits per heavy atom. The minimum Gasteiger partial charge on any atom is -0.384 e. The molecule has 2 heterocycles. The van der Waals surface area contributed by atoms with Crippen LogP contribution < -0.4 is 16.0 Å². The van der Waals surface area contributed by atoms with Crippen LogP contribution in [0.4, 0.5) is 19.7 Å². The van der Waals surface area contributed by atoms with E-state index in [1.54, 1.807) is 42.5 Å². The van der Waals surface area contributed by atoms with Gasteiger partial charge in [-0.05, 0) is 25.0 Å². The largest absolute Gasteiger partial charge is 0.384 e. The van der Waals surface area contributed by atoms with E-state index in [0.717, 1.165) is 6.42 Å². The minimum absolute atomic E-state index is 0.0233. The summed E-state index contributed by atoms with van der Waals surface area (Å²) in [5, 5.41) is 8.91. The Hall–Kier alpha value is -3.63. The molecule has 194 valence electrons. The summed E-state index contributed by atoms with van der Waals surface area (Å²) in [6, 6.07) is 10.1. The molecule has 37 heavy (non-hydrogen) atoms. The van der Waals surface area contributed by atoms with Gasteiger partial charge in [-0.15, -0.1) is 0 Å². The van der Waals surface area contributed by atoms with Crippen LogP contribution in [0, 0.1) is 11.2 Å². The van der Waals surface area contributed by atoms with Crippen molar-refractivity contribution in [2.24, 2.45) is 5.41 Å². The monoisotopic (exact) mass is 527 g/mol. The highest BCUT2D eigenvalue weighted by molar-refractivity contribution is 6.30. The highest BCUT2D eigenvalue weighted by Crippen LogP contribution is 2.59. The van der Waals surface area contributed by atoms with E-state index in [1.807, 2.05) is 12.1 Å². The molecule has 1 aromatic heterocycles. The van der Waals surface area contributed by atoms with E-state index in [4.69, 9.17) is 16.3 Å². The predicted molar refractivity (Wildman–Crippen MR) is 137 cm³/mol. The smallest absolute Gasteiger partial charge is 0.325 e. The first kappa shape index (κ1) is 25.0. The number of nitrogens with one attached hydrogen (secondary N) is 3. The van der Waals surface area contributed by atoms with E-state index >= 15 is 0 Å². The Labute approximate surface area is 217 Å². The van der Waals surface area contributed by atoms with Crippen molar-refractivity contribution in [2.45, 2.75) is 31.5 Å². The maximum atomic E-state index is 14.3. The Bertz CT molecular complexity index is 1390. The molecule has 3 atom stereocenters. The van der Waals surface area contributed by atoms with E-state index < -0.39 is 17.9 Å². The number of carbonyl (C=O) groups is 3. The van der Waals surface area contributed by atoms with Crippen LogP contribution in [-0.4, -0.2) is 60.3 Å². The normalized spacial score (nSPS) is 22.0. The van der Waals surface area contributed by atoms with Gasteiger partial charge in [0.2, 0.25) is 5.91 Å². The maximum absolute atomic E-state index is 14.3. The second-order valence-electron chi connectivity index (χ2n) is 9.49. The topological polar surface area (TPSA) is 105 Å². The zero-order chi connectivity index (χ0) is 26.3. The lowest BCUT2D eigenvalue weighted by molar-refractivity contribution is -0.125. The molecular weight excluding hydrogens is 501 g/mol. The van der Waals surface area contributed by atoms with Crippen molar-refractivity contribution in [1.82, 2.24) is 20.1 Å². The third kappa shape index (κ3) is 4.40. The van der Waals surface area contributed by atoms with Crippen molar-refractivity contribution in [3.8, 4) is 0 Å². The SMILES string of the molecule is CNC(=O)n1cc(NC(=O)N2[C@H](C(=O)NCc3cccc(Cl)c3F)C[C@@]3(COC)C[C@@H]23)c2ccccc21. The number of benzene rings is 2. The first-order valence-corrected chi connectivity index (χ1v) is 12.3. The van der Waals surface area contributed by atoms with Gasteiger partial charge in [0.25, 0.3) is 0 Å². The molecule has 0 unspecified atom stereocenters. The third-order valence-corrected chi connectivity index (χ3v) is 7.55. The summed E-state index contributed by atoms with van der Waals surface area (Å²) in [6.07, 6.45) is 2.72. The molecule has 1 saturated carbocycles. The van der Waals surface area contributed by atoms with E-state index in [0.29, 0.717) is 29.6 Å². The number of anilines is 1. The lowest BCUT2D eigenvalue weighted by Gasteiger charge is -2.27. The highest BCUT2D eigenvalue weighted by atomic mass is 35.5. The molecule has 9 nitrogen and oxygen atoms in total. The third-order valence-electron chi connectivity index (χ3n) is 7.26. The molecular formula is C26H27ClFN5O4. The molecule has 1 aliphatic carbocycles. The number of amides is 4. The van der Waals surface area contributed by atoms with E-state index in [9.17, 15) is 18.8 Å². The zero-order valence-electron chi connectivity index (χ0n) is 20.4. The lowest BCUT2D eigenvalue weighted by Crippen LogP contribution is -2.49. The van der Waals surface area contributed by atoms with Crippen LogP contribution >= 0.6 is 11.6 Å². The number of rotatable bonds is 6. The first-order chi connectivity index (χ1) is 17.8. The molecule has 11 heteroatoms. The van der Waals surface area contributed by atoms with Crippen LogP contribution in [0.15, 0.2) is 48.7 Å². The summed E-state index contributed by atoms with van der Waals surface area (Å²) < 4.78 is 21.1. The van der Waals surface area contributed by atoms with Gasteiger partial charge >= 0.3 is 12.1 Å². The molecule has 2 aromatic carbocycles. The molecule has 2 aliphatic rings. The van der Waals surface area contributed by atoms with Gasteiger partial charge in [0.15, 0.2) is 0 Å². The number of likely N-dealkylation sites (tertiary alicyclic amines) is 1. The van der Waals surface area contributed by atoms with Gasteiger partial charge in [-0.2, -0.15) is 0 Å². The Morgan fingerprint density at radius 1 is 1.14 bits per heavy atom. The number of aromatic nitrogens is 1. The van der Waals surface area contributed by atoms with Gasteiger partial charge in [-0.25, -0.2) is 14.0 Å². The molecule has 3 aromatic rings. The second-order valence-corrected chi connectivity index (χ2v) is 9.90. The van der Waals surface area contributed by atoms with Crippen molar-refractivity contribution in [2.75, 3.05) is 26.1 Å². The number of para-hydroxylation sites is 1. The van der Waals surface area contributed by atoms with Crippen molar-refractivity contribution >= 4 is 46.2 Å². The number of nitrogens with zero attached hydrogens (tertiary/aromatic N) is 2. The fourth-order valence-corrected chi connectivity index (χ4v) is 5.57. The molecule has 3 N–H and O–H groups in total. The standard InChI is InChI=1S/C26H27ClFN5O4/c1-29-24(35)32-13-18(16-7-3-4-9-19(16)32)31-25(36)33-20(10-26(14-37-2)11-21(26)33)23(34)30-12-15-6-5-8-17(27)22(15)28/h3-9,13,20-21H,10-12,14H2,1-2H3,(H,29,35)(H,30,34)(H,31,36)/t20-,21+,26-/m0/s1. The van der Waals surface area contributed by atoms with Gasteiger partial charge in [0, 0.05) is 49.3 Å². The van der Waals surface area contributed by atoms with Crippen LogP contribution in [-0.2, 0) is 16.1 Å². The second kappa shape index (κ2) is 9.68. The number of urea groups is 1. The molecule has 2 fully saturated rings. The van der Waals surface area contributed by atoms with Gasteiger partial charge in [0.05, 0.1) is 22.8 Å². The summed E-state index contributed by atoms with van der Waals surface area (Å²) in [5.41, 5.74) is 1.05. The summed E-state index contributed by atoms with van der Waals surface area (Å²) in [5.74, 6) is -0.971. The number of hydrogen-bond acceptors (Lipinski definition) is 4. The van der Waals surface area contributed by atoms with Gasteiger partial charge in [-0.3, -0.25) is 9.36 Å². The maximum Gasteiger partial charge on any atom is 0.325 e. The number of fused-ring (bicyclic) bond motifs is 2. The van der Waals surface area contributed by atoms with E-state index in [2.05, 4.69) is 16.0 Å². The Kier molecular flexibility index (Phi) is 6.55. The molecule has 5 rings (SSSR count). The molecule has 4 amide bonds. The Morgan fingerprint density at radius 3 is 2.68 bits per heavy atom. The summed E-state index contributed by atoms with van der Waals surface area (Å²) >= 11 is 5.86. The minimum atomic E-state index is -0.761. The van der Waals surface area contributed by atoms with Crippen molar-refractivity contribution < 1.29 is 23.5 Å². The predicted octanol–water partition coefficient (Wildman–Crippen LogP) is 3.95. The van der Waals surface area contributed by atoms with Crippen molar-refractivity contribution in [3.63, 3.8) is 0 Å². The number of carbonyl (C=O) groups excluding carboxylic acids is 3. The quantitative estimate of drug-likeness (QED) is 0.451. The van der Waals surface area contributed by atoms with Gasteiger partial charge < -0.3 is 25.6 Å². The zero-order valence-corrected chi connectivity index (χ0v) is 21.1. The van der Waals surface area contributed by atoms with Gasteiger partial charge in [-0.1, -0.05) is 41.9 Å². The van der Waals surface area contributed by atoms with Crippen molar-refractivity contribution in [3.05, 3.63) is 65.1 Å². The molecule has 0 bridgehead atoms. The summed E-state index contributed by atoms with van der Waals surface area (Å²) in [6.45, 7) is 0.364. The van der Waals surface area contributed by atoms with Crippen LogP contribution in [0.3, 0.4) is 0 Å². The molecule has 1 saturated heterocycles. The van der Waals surface area contributed by atoms with E-state index in [-0.39, 0.29) is 40.5 Å².